The minimum Gasteiger partial charge on any atom is -0.335 e. The number of benzene rings is 1. The summed E-state index contributed by atoms with van der Waals surface area (Å²) in [6, 6.07) is 14.6. The van der Waals surface area contributed by atoms with Crippen molar-refractivity contribution in [1.82, 2.24) is 20.5 Å². The molecule has 1 aliphatic heterocycles. The Morgan fingerprint density at radius 2 is 1.88 bits per heavy atom. The normalized spacial score (nSPS) is 16.8. The molecule has 138 valence electrons. The lowest BCUT2D eigenvalue weighted by Gasteiger charge is -2.32. The smallest absolute Gasteiger partial charge is 0.315 e. The minimum absolute atomic E-state index is 0.0564. The van der Waals surface area contributed by atoms with Crippen LogP contribution in [0.25, 0.3) is 0 Å². The average Bonchev–Trinajstić information content (AvgIpc) is 2.65. The van der Waals surface area contributed by atoms with Crippen molar-refractivity contribution in [3.8, 4) is 0 Å². The molecule has 0 aliphatic carbocycles. The van der Waals surface area contributed by atoms with Gasteiger partial charge < -0.3 is 10.6 Å². The van der Waals surface area contributed by atoms with Gasteiger partial charge in [-0.25, -0.2) is 4.79 Å². The molecule has 1 aromatic carbocycles. The Hall–Kier alpha value is -2.40. The van der Waals surface area contributed by atoms with E-state index < -0.39 is 0 Å². The molecule has 1 atom stereocenters. The van der Waals surface area contributed by atoms with Crippen LogP contribution in [0.2, 0.25) is 0 Å². The Balaban J connectivity index is 1.36. The number of nitrogens with zero attached hydrogens (tertiary/aromatic N) is 2. The summed E-state index contributed by atoms with van der Waals surface area (Å²) in [5.41, 5.74) is 2.48. The van der Waals surface area contributed by atoms with Crippen LogP contribution in [0.15, 0.2) is 54.9 Å². The zero-order valence-corrected chi connectivity index (χ0v) is 15.4. The Morgan fingerprint density at radius 1 is 1.15 bits per heavy atom. The highest BCUT2D eigenvalue weighted by Gasteiger charge is 2.21. The highest BCUT2D eigenvalue weighted by Crippen LogP contribution is 2.13. The summed E-state index contributed by atoms with van der Waals surface area (Å²) in [5.74, 6) is 0. The van der Waals surface area contributed by atoms with Crippen molar-refractivity contribution in [2.24, 2.45) is 0 Å². The number of carbonyl (C=O) groups is 1. The van der Waals surface area contributed by atoms with E-state index in [4.69, 9.17) is 0 Å². The fraction of sp³-hybridized carbons (Fsp3) is 0.429. The van der Waals surface area contributed by atoms with Crippen LogP contribution in [0.5, 0.6) is 0 Å². The fourth-order valence-corrected chi connectivity index (χ4v) is 3.45. The summed E-state index contributed by atoms with van der Waals surface area (Å²) in [7, 11) is 0. The van der Waals surface area contributed by atoms with Gasteiger partial charge in [0.2, 0.25) is 0 Å². The molecule has 2 amide bonds. The van der Waals surface area contributed by atoms with Crippen LogP contribution in [-0.2, 0) is 13.0 Å². The standard InChI is InChI=1S/C21H28N4O/c1-17(14-18-6-3-2-4-7-18)23-21(26)24-20-9-12-25(13-10-20)16-19-8-5-11-22-15-19/h2-8,11,15,17,20H,9-10,12-14,16H2,1H3,(H2,23,24,26). The number of nitrogens with one attached hydrogen (secondary N) is 2. The third-order valence-electron chi connectivity index (χ3n) is 4.81. The zero-order valence-electron chi connectivity index (χ0n) is 15.4. The Labute approximate surface area is 155 Å². The lowest BCUT2D eigenvalue weighted by atomic mass is 10.0. The predicted molar refractivity (Wildman–Crippen MR) is 104 cm³/mol. The van der Waals surface area contributed by atoms with Crippen molar-refractivity contribution < 1.29 is 4.79 Å². The predicted octanol–water partition coefficient (Wildman–Crippen LogP) is 2.98. The van der Waals surface area contributed by atoms with Crippen LogP contribution in [0.4, 0.5) is 4.79 Å². The summed E-state index contributed by atoms with van der Waals surface area (Å²) < 4.78 is 0. The maximum Gasteiger partial charge on any atom is 0.315 e. The van der Waals surface area contributed by atoms with Crippen molar-refractivity contribution >= 4 is 6.03 Å². The summed E-state index contributed by atoms with van der Waals surface area (Å²) in [6.07, 6.45) is 6.54. The van der Waals surface area contributed by atoms with Crippen molar-refractivity contribution in [1.29, 1.82) is 0 Å². The summed E-state index contributed by atoms with van der Waals surface area (Å²) in [4.78, 5) is 18.8. The van der Waals surface area contributed by atoms with Crippen LogP contribution >= 0.6 is 0 Å². The summed E-state index contributed by atoms with van der Waals surface area (Å²) >= 11 is 0. The van der Waals surface area contributed by atoms with Gasteiger partial charge in [0, 0.05) is 44.1 Å². The molecule has 2 heterocycles. The molecule has 1 unspecified atom stereocenters. The van der Waals surface area contributed by atoms with Gasteiger partial charge >= 0.3 is 6.03 Å². The first-order chi connectivity index (χ1) is 12.7. The molecule has 0 radical (unpaired) electrons. The molecule has 1 saturated heterocycles. The number of pyridine rings is 1. The van der Waals surface area contributed by atoms with E-state index in [-0.39, 0.29) is 18.1 Å². The molecule has 0 saturated carbocycles. The molecule has 0 bridgehead atoms. The van der Waals surface area contributed by atoms with E-state index in [1.165, 1.54) is 11.1 Å². The first kappa shape index (κ1) is 18.4. The molecule has 2 aromatic rings. The van der Waals surface area contributed by atoms with Gasteiger partial charge in [0.25, 0.3) is 0 Å². The van der Waals surface area contributed by atoms with Crippen LogP contribution in [0.1, 0.15) is 30.9 Å². The monoisotopic (exact) mass is 352 g/mol. The second kappa shape index (κ2) is 9.34. The first-order valence-corrected chi connectivity index (χ1v) is 9.41. The van der Waals surface area contributed by atoms with E-state index in [9.17, 15) is 4.79 Å². The summed E-state index contributed by atoms with van der Waals surface area (Å²) in [5, 5.41) is 6.19. The van der Waals surface area contributed by atoms with E-state index in [1.54, 1.807) is 6.20 Å². The van der Waals surface area contributed by atoms with E-state index in [0.29, 0.717) is 0 Å². The second-order valence-corrected chi connectivity index (χ2v) is 7.12. The molecule has 0 spiro atoms. The molecule has 26 heavy (non-hydrogen) atoms. The number of urea groups is 1. The lowest BCUT2D eigenvalue weighted by Crippen LogP contribution is -2.49. The summed E-state index contributed by atoms with van der Waals surface area (Å²) in [6.45, 7) is 4.97. The van der Waals surface area contributed by atoms with E-state index in [0.717, 1.165) is 38.9 Å². The highest BCUT2D eigenvalue weighted by molar-refractivity contribution is 5.74. The molecule has 1 aliphatic rings. The quantitative estimate of drug-likeness (QED) is 0.840. The number of likely N-dealkylation sites (tertiary alicyclic amines) is 1. The van der Waals surface area contributed by atoms with E-state index in [1.807, 2.05) is 37.4 Å². The fourth-order valence-electron chi connectivity index (χ4n) is 3.45. The molecule has 1 aromatic heterocycles. The van der Waals surface area contributed by atoms with Gasteiger partial charge in [-0.05, 0) is 43.4 Å². The number of amides is 2. The van der Waals surface area contributed by atoms with Crippen LogP contribution in [0, 0.1) is 0 Å². The Bertz CT molecular complexity index is 669. The maximum absolute atomic E-state index is 12.2. The molecule has 5 nitrogen and oxygen atoms in total. The zero-order chi connectivity index (χ0) is 18.2. The molecule has 5 heteroatoms. The number of hydrogen-bond donors (Lipinski definition) is 2. The number of hydrogen-bond acceptors (Lipinski definition) is 3. The van der Waals surface area contributed by atoms with E-state index >= 15 is 0 Å². The number of rotatable bonds is 6. The second-order valence-electron chi connectivity index (χ2n) is 7.12. The van der Waals surface area contributed by atoms with Gasteiger partial charge in [-0.2, -0.15) is 0 Å². The van der Waals surface area contributed by atoms with Crippen molar-refractivity contribution in [2.75, 3.05) is 13.1 Å². The number of aromatic nitrogens is 1. The van der Waals surface area contributed by atoms with Gasteiger partial charge in [-0.1, -0.05) is 36.4 Å². The molecule has 3 rings (SSSR count). The van der Waals surface area contributed by atoms with Crippen molar-refractivity contribution in [3.63, 3.8) is 0 Å². The van der Waals surface area contributed by atoms with Gasteiger partial charge in [0.05, 0.1) is 0 Å². The van der Waals surface area contributed by atoms with Gasteiger partial charge in [-0.3, -0.25) is 9.88 Å². The van der Waals surface area contributed by atoms with Gasteiger partial charge in [0.1, 0.15) is 0 Å². The van der Waals surface area contributed by atoms with Gasteiger partial charge in [0.15, 0.2) is 0 Å². The molecule has 1 fully saturated rings. The number of carbonyl (C=O) groups excluding carboxylic acids is 1. The highest BCUT2D eigenvalue weighted by atomic mass is 16.2. The Kier molecular flexibility index (Phi) is 6.61. The molecular weight excluding hydrogens is 324 g/mol. The average molecular weight is 352 g/mol. The Morgan fingerprint density at radius 3 is 2.58 bits per heavy atom. The van der Waals surface area contributed by atoms with Gasteiger partial charge in [-0.15, -0.1) is 0 Å². The van der Waals surface area contributed by atoms with E-state index in [2.05, 4.69) is 38.7 Å². The van der Waals surface area contributed by atoms with Crippen LogP contribution in [-0.4, -0.2) is 41.1 Å². The third-order valence-corrected chi connectivity index (χ3v) is 4.81. The SMILES string of the molecule is CC(Cc1ccccc1)NC(=O)NC1CCN(Cc2cccnc2)CC1. The minimum atomic E-state index is -0.0564. The first-order valence-electron chi connectivity index (χ1n) is 9.41. The molecular formula is C21H28N4O. The van der Waals surface area contributed by atoms with Crippen LogP contribution in [0.3, 0.4) is 0 Å². The lowest BCUT2D eigenvalue weighted by molar-refractivity contribution is 0.185. The third kappa shape index (κ3) is 5.85. The van der Waals surface area contributed by atoms with Crippen LogP contribution < -0.4 is 10.6 Å². The van der Waals surface area contributed by atoms with Crippen molar-refractivity contribution in [2.45, 2.75) is 44.8 Å². The maximum atomic E-state index is 12.2. The van der Waals surface area contributed by atoms with Crippen molar-refractivity contribution in [3.05, 3.63) is 66.0 Å². The largest absolute Gasteiger partial charge is 0.335 e. The number of piperidine rings is 1. The molecule has 2 N–H and O–H groups in total. The topological polar surface area (TPSA) is 57.3 Å².